The lowest BCUT2D eigenvalue weighted by Crippen LogP contribution is -2.30. The molecular weight excluding hydrogens is 251 g/mol. The van der Waals surface area contributed by atoms with Crippen LogP contribution >= 0.6 is 0 Å². The number of carbonyl (C=O) groups excluding carboxylic acids is 2. The molecule has 0 heterocycles. The van der Waals surface area contributed by atoms with Crippen LogP contribution in [0.1, 0.15) is 17.3 Å². The van der Waals surface area contributed by atoms with E-state index in [1.165, 1.54) is 12.1 Å². The fraction of sp³-hybridized carbons (Fsp3) is 0.273. The molecule has 98 valence electrons. The van der Waals surface area contributed by atoms with E-state index in [0.717, 1.165) is 6.07 Å². The highest BCUT2D eigenvalue weighted by atomic mass is 19.4. The third kappa shape index (κ3) is 3.47. The van der Waals surface area contributed by atoms with Crippen molar-refractivity contribution in [3.8, 4) is 5.75 Å². The molecule has 1 rings (SSSR count). The number of nitrogens with one attached hydrogen (secondary N) is 1. The predicted molar refractivity (Wildman–Crippen MR) is 57.7 cm³/mol. The summed E-state index contributed by atoms with van der Waals surface area (Å²) in [7, 11) is 0. The third-order valence-corrected chi connectivity index (χ3v) is 1.95. The predicted octanol–water partition coefficient (Wildman–Crippen LogP) is 2.40. The third-order valence-electron chi connectivity index (χ3n) is 1.95. The Bertz CT molecular complexity index is 457. The van der Waals surface area contributed by atoms with Gasteiger partial charge in [-0.25, -0.2) is 0 Å². The molecule has 0 unspecified atom stereocenters. The molecule has 7 heteroatoms. The van der Waals surface area contributed by atoms with E-state index in [2.05, 4.69) is 0 Å². The van der Waals surface area contributed by atoms with Crippen molar-refractivity contribution in [1.82, 2.24) is 0 Å². The zero-order chi connectivity index (χ0) is 13.8. The van der Waals surface area contributed by atoms with Gasteiger partial charge >= 0.3 is 12.1 Å². The van der Waals surface area contributed by atoms with Crippen LogP contribution in [0.15, 0.2) is 18.2 Å². The van der Waals surface area contributed by atoms with Crippen molar-refractivity contribution < 1.29 is 27.5 Å². The minimum atomic E-state index is -5.00. The maximum atomic E-state index is 12.1. The largest absolute Gasteiger partial charge is 0.492 e. The van der Waals surface area contributed by atoms with E-state index in [1.54, 1.807) is 12.2 Å². The van der Waals surface area contributed by atoms with Gasteiger partial charge in [0.1, 0.15) is 12.0 Å². The van der Waals surface area contributed by atoms with Crippen molar-refractivity contribution >= 4 is 17.9 Å². The maximum Gasteiger partial charge on any atom is 0.471 e. The molecule has 0 spiro atoms. The number of anilines is 1. The summed E-state index contributed by atoms with van der Waals surface area (Å²) < 4.78 is 41.4. The molecule has 0 radical (unpaired) electrons. The molecule has 0 aliphatic carbocycles. The number of alkyl halides is 3. The fourth-order valence-electron chi connectivity index (χ4n) is 1.19. The van der Waals surface area contributed by atoms with Crippen LogP contribution in [0.2, 0.25) is 0 Å². The lowest BCUT2D eigenvalue weighted by molar-refractivity contribution is -0.167. The first kappa shape index (κ1) is 14.0. The second-order valence-electron chi connectivity index (χ2n) is 3.26. The van der Waals surface area contributed by atoms with Crippen molar-refractivity contribution in [3.05, 3.63) is 23.8 Å². The first-order chi connectivity index (χ1) is 8.38. The molecule has 18 heavy (non-hydrogen) atoms. The van der Waals surface area contributed by atoms with Crippen molar-refractivity contribution in [2.45, 2.75) is 13.1 Å². The standard InChI is InChI=1S/C11H10F3NO3/c1-2-18-9-4-3-7(6-16)5-8(9)15-10(17)11(12,13)14/h3-6H,2H2,1H3,(H,15,17). The van der Waals surface area contributed by atoms with Crippen LogP contribution in [-0.2, 0) is 4.79 Å². The van der Waals surface area contributed by atoms with E-state index in [9.17, 15) is 22.8 Å². The summed E-state index contributed by atoms with van der Waals surface area (Å²) in [6.07, 6.45) is -4.54. The monoisotopic (exact) mass is 261 g/mol. The van der Waals surface area contributed by atoms with E-state index >= 15 is 0 Å². The van der Waals surface area contributed by atoms with Gasteiger partial charge in [0.05, 0.1) is 12.3 Å². The Morgan fingerprint density at radius 3 is 2.61 bits per heavy atom. The molecule has 0 aromatic heterocycles. The number of ether oxygens (including phenoxy) is 1. The second kappa shape index (κ2) is 5.52. The molecule has 0 saturated carbocycles. The van der Waals surface area contributed by atoms with Gasteiger partial charge in [-0.2, -0.15) is 13.2 Å². The van der Waals surface area contributed by atoms with Gasteiger partial charge in [0.25, 0.3) is 0 Å². The molecule has 0 fully saturated rings. The van der Waals surface area contributed by atoms with Gasteiger partial charge in [-0.15, -0.1) is 0 Å². The molecular formula is C11H10F3NO3. The number of carbonyl (C=O) groups is 2. The Kier molecular flexibility index (Phi) is 4.30. The Morgan fingerprint density at radius 1 is 1.44 bits per heavy atom. The van der Waals surface area contributed by atoms with Gasteiger partial charge < -0.3 is 10.1 Å². The molecule has 0 saturated heterocycles. The van der Waals surface area contributed by atoms with E-state index in [1.807, 2.05) is 0 Å². The summed E-state index contributed by atoms with van der Waals surface area (Å²) >= 11 is 0. The highest BCUT2D eigenvalue weighted by Crippen LogP contribution is 2.27. The summed E-state index contributed by atoms with van der Waals surface area (Å²) in [6, 6.07) is 3.81. The van der Waals surface area contributed by atoms with Gasteiger partial charge in [0.15, 0.2) is 0 Å². The van der Waals surface area contributed by atoms with Crippen molar-refractivity contribution in [3.63, 3.8) is 0 Å². The SMILES string of the molecule is CCOc1ccc(C=O)cc1NC(=O)C(F)(F)F. The molecule has 1 aromatic carbocycles. The van der Waals surface area contributed by atoms with Crippen LogP contribution in [-0.4, -0.2) is 25.0 Å². The summed E-state index contributed by atoms with van der Waals surface area (Å²) in [5.41, 5.74) is -0.0558. The zero-order valence-corrected chi connectivity index (χ0v) is 9.38. The molecule has 1 amide bonds. The summed E-state index contributed by atoms with van der Waals surface area (Å²) in [4.78, 5) is 21.3. The van der Waals surface area contributed by atoms with Crippen LogP contribution in [0.5, 0.6) is 5.75 Å². The number of hydrogen-bond acceptors (Lipinski definition) is 3. The molecule has 0 aliphatic rings. The van der Waals surface area contributed by atoms with Crippen molar-refractivity contribution in [2.75, 3.05) is 11.9 Å². The van der Waals surface area contributed by atoms with E-state index < -0.39 is 12.1 Å². The van der Waals surface area contributed by atoms with E-state index in [-0.39, 0.29) is 23.6 Å². The number of hydrogen-bond donors (Lipinski definition) is 1. The van der Waals surface area contributed by atoms with Crippen molar-refractivity contribution in [1.29, 1.82) is 0 Å². The number of benzene rings is 1. The summed E-state index contributed by atoms with van der Waals surface area (Å²) in [5.74, 6) is -2.05. The Hall–Kier alpha value is -2.05. The van der Waals surface area contributed by atoms with E-state index in [0.29, 0.717) is 6.29 Å². The van der Waals surface area contributed by atoms with E-state index in [4.69, 9.17) is 4.74 Å². The van der Waals surface area contributed by atoms with Crippen LogP contribution in [0.3, 0.4) is 0 Å². The average molecular weight is 261 g/mol. The summed E-state index contributed by atoms with van der Waals surface area (Å²) in [6.45, 7) is 1.86. The Morgan fingerprint density at radius 2 is 2.11 bits per heavy atom. The number of rotatable bonds is 4. The van der Waals surface area contributed by atoms with Gasteiger partial charge in [0, 0.05) is 5.56 Å². The first-order valence-electron chi connectivity index (χ1n) is 4.98. The Labute approximate surface area is 101 Å². The molecule has 0 atom stereocenters. The molecule has 4 nitrogen and oxygen atoms in total. The number of halogens is 3. The van der Waals surface area contributed by atoms with Crippen LogP contribution in [0.25, 0.3) is 0 Å². The maximum absolute atomic E-state index is 12.1. The highest BCUT2D eigenvalue weighted by molar-refractivity contribution is 5.97. The zero-order valence-electron chi connectivity index (χ0n) is 9.38. The fourth-order valence-corrected chi connectivity index (χ4v) is 1.19. The summed E-state index contributed by atoms with van der Waals surface area (Å²) in [5, 5.41) is 1.66. The van der Waals surface area contributed by atoms with Crippen LogP contribution < -0.4 is 10.1 Å². The minimum absolute atomic E-state index is 0.0701. The van der Waals surface area contributed by atoms with Crippen LogP contribution in [0, 0.1) is 0 Å². The molecule has 1 aromatic rings. The number of aldehydes is 1. The highest BCUT2D eigenvalue weighted by Gasteiger charge is 2.39. The first-order valence-corrected chi connectivity index (χ1v) is 4.98. The minimum Gasteiger partial charge on any atom is -0.492 e. The Balaban J connectivity index is 3.04. The smallest absolute Gasteiger partial charge is 0.471 e. The quantitative estimate of drug-likeness (QED) is 0.847. The van der Waals surface area contributed by atoms with Gasteiger partial charge in [-0.1, -0.05) is 0 Å². The van der Waals surface area contributed by atoms with Gasteiger partial charge in [-0.3, -0.25) is 9.59 Å². The molecule has 0 aliphatic heterocycles. The van der Waals surface area contributed by atoms with Gasteiger partial charge in [0.2, 0.25) is 0 Å². The normalized spacial score (nSPS) is 10.9. The average Bonchev–Trinajstić information content (AvgIpc) is 2.30. The lowest BCUT2D eigenvalue weighted by atomic mass is 10.2. The topological polar surface area (TPSA) is 55.4 Å². The van der Waals surface area contributed by atoms with Crippen LogP contribution in [0.4, 0.5) is 18.9 Å². The molecule has 0 bridgehead atoms. The molecule has 1 N–H and O–H groups in total. The number of amides is 1. The lowest BCUT2D eigenvalue weighted by Gasteiger charge is -2.13. The van der Waals surface area contributed by atoms with Crippen molar-refractivity contribution in [2.24, 2.45) is 0 Å². The second-order valence-corrected chi connectivity index (χ2v) is 3.26. The van der Waals surface area contributed by atoms with Gasteiger partial charge in [-0.05, 0) is 25.1 Å².